The van der Waals surface area contributed by atoms with Crippen molar-refractivity contribution in [3.05, 3.63) is 47.2 Å². The Labute approximate surface area is 138 Å². The summed E-state index contributed by atoms with van der Waals surface area (Å²) >= 11 is 6.09. The molecule has 2 unspecified atom stereocenters. The van der Waals surface area contributed by atoms with Gasteiger partial charge in [0.05, 0.1) is 18.5 Å². The molecule has 0 aromatic heterocycles. The summed E-state index contributed by atoms with van der Waals surface area (Å²) in [4.78, 5) is 2.46. The minimum absolute atomic E-state index is 0.0551. The van der Waals surface area contributed by atoms with Crippen molar-refractivity contribution < 1.29 is 9.47 Å². The lowest BCUT2D eigenvalue weighted by molar-refractivity contribution is 0.0353. The summed E-state index contributed by atoms with van der Waals surface area (Å²) in [6.07, 6.45) is 2.48. The van der Waals surface area contributed by atoms with Crippen LogP contribution < -0.4 is 0 Å². The summed E-state index contributed by atoms with van der Waals surface area (Å²) in [6.45, 7) is 9.52. The maximum absolute atomic E-state index is 6.09. The first-order chi connectivity index (χ1) is 10.6. The number of rotatable bonds is 7. The highest BCUT2D eigenvalue weighted by atomic mass is 35.5. The molecule has 0 N–H and O–H groups in total. The molecule has 1 aliphatic heterocycles. The number of likely N-dealkylation sites (tertiary alicyclic amines) is 1. The average molecular weight is 324 g/mol. The van der Waals surface area contributed by atoms with Crippen molar-refractivity contribution in [3.63, 3.8) is 0 Å². The zero-order chi connectivity index (χ0) is 15.9. The largest absolute Gasteiger partial charge is 0.499 e. The van der Waals surface area contributed by atoms with Gasteiger partial charge in [0.25, 0.3) is 0 Å². The number of halogens is 1. The predicted molar refractivity (Wildman–Crippen MR) is 91.1 cm³/mol. The fourth-order valence-electron chi connectivity index (χ4n) is 2.97. The fourth-order valence-corrected chi connectivity index (χ4v) is 3.17. The normalized spacial score (nSPS) is 20.6. The Bertz CT molecular complexity index is 492. The van der Waals surface area contributed by atoms with E-state index in [9.17, 15) is 0 Å². The van der Waals surface area contributed by atoms with Gasteiger partial charge < -0.3 is 14.4 Å². The number of benzene rings is 1. The van der Waals surface area contributed by atoms with Crippen molar-refractivity contribution in [1.82, 2.24) is 4.90 Å². The number of allylic oxidation sites excluding steroid dienone is 1. The number of methoxy groups -OCH3 is 1. The first-order valence-electron chi connectivity index (χ1n) is 7.87. The van der Waals surface area contributed by atoms with Gasteiger partial charge in [0.15, 0.2) is 0 Å². The van der Waals surface area contributed by atoms with E-state index in [2.05, 4.69) is 17.5 Å². The summed E-state index contributed by atoms with van der Waals surface area (Å²) in [7, 11) is 1.76. The van der Waals surface area contributed by atoms with Crippen molar-refractivity contribution in [2.75, 3.05) is 33.4 Å². The number of hydrogen-bond donors (Lipinski definition) is 0. The Hall–Kier alpha value is -1.03. The summed E-state index contributed by atoms with van der Waals surface area (Å²) in [5.74, 6) is 1.37. The quantitative estimate of drug-likeness (QED) is 0.699. The molecule has 1 saturated heterocycles. The summed E-state index contributed by atoms with van der Waals surface area (Å²) < 4.78 is 11.3. The van der Waals surface area contributed by atoms with E-state index < -0.39 is 0 Å². The van der Waals surface area contributed by atoms with Gasteiger partial charge in [-0.1, -0.05) is 30.3 Å². The molecule has 4 heteroatoms. The maximum Gasteiger partial charge on any atom is 0.0948 e. The summed E-state index contributed by atoms with van der Waals surface area (Å²) in [5, 5.41) is 0.755. The van der Waals surface area contributed by atoms with E-state index in [0.29, 0.717) is 5.92 Å². The Balaban J connectivity index is 1.91. The molecule has 1 fully saturated rings. The average Bonchev–Trinajstić information content (AvgIpc) is 2.51. The van der Waals surface area contributed by atoms with Crippen LogP contribution in [0.15, 0.2) is 36.6 Å². The van der Waals surface area contributed by atoms with Crippen LogP contribution in [0.3, 0.4) is 0 Å². The van der Waals surface area contributed by atoms with E-state index >= 15 is 0 Å². The molecule has 1 heterocycles. The molecule has 1 aliphatic rings. The molecule has 3 nitrogen and oxygen atoms in total. The highest BCUT2D eigenvalue weighted by molar-refractivity contribution is 6.30. The lowest BCUT2D eigenvalue weighted by Gasteiger charge is -2.34. The number of hydrogen-bond acceptors (Lipinski definition) is 3. The second-order valence-electron chi connectivity index (χ2n) is 6.06. The van der Waals surface area contributed by atoms with Crippen LogP contribution in [0.5, 0.6) is 0 Å². The van der Waals surface area contributed by atoms with Crippen molar-refractivity contribution in [2.24, 2.45) is 5.92 Å². The van der Waals surface area contributed by atoms with Gasteiger partial charge in [-0.3, -0.25) is 0 Å². The molecule has 22 heavy (non-hydrogen) atoms. The van der Waals surface area contributed by atoms with Crippen LogP contribution in [-0.4, -0.2) is 38.3 Å². The maximum atomic E-state index is 6.09. The Morgan fingerprint density at radius 2 is 2.32 bits per heavy atom. The van der Waals surface area contributed by atoms with Gasteiger partial charge in [-0.2, -0.15) is 0 Å². The highest BCUT2D eigenvalue weighted by Gasteiger charge is 2.23. The molecular formula is C18H26ClNO2. The van der Waals surface area contributed by atoms with Crippen molar-refractivity contribution in [2.45, 2.75) is 25.9 Å². The third-order valence-corrected chi connectivity index (χ3v) is 4.33. The van der Waals surface area contributed by atoms with Crippen LogP contribution in [-0.2, 0) is 9.47 Å². The molecule has 2 rings (SSSR count). The van der Waals surface area contributed by atoms with E-state index in [4.69, 9.17) is 21.1 Å². The number of piperidine rings is 1. The highest BCUT2D eigenvalue weighted by Crippen LogP contribution is 2.24. The van der Waals surface area contributed by atoms with Gasteiger partial charge in [0.1, 0.15) is 0 Å². The van der Waals surface area contributed by atoms with E-state index in [-0.39, 0.29) is 6.10 Å². The second kappa shape index (κ2) is 8.56. The monoisotopic (exact) mass is 323 g/mol. The molecule has 0 spiro atoms. The molecule has 2 atom stereocenters. The van der Waals surface area contributed by atoms with Crippen LogP contribution in [0.1, 0.15) is 31.4 Å². The lowest BCUT2D eigenvalue weighted by Crippen LogP contribution is -2.39. The molecule has 1 aromatic rings. The lowest BCUT2D eigenvalue weighted by atomic mass is 9.98. The zero-order valence-corrected chi connectivity index (χ0v) is 14.3. The standard InChI is InChI=1S/C18H26ClNO2/c1-14(2)22-13-15-6-5-9-20(11-15)12-18(21-3)16-7-4-8-17(19)10-16/h4,7-8,10,15,18H,1,5-6,9,11-13H2,2-3H3. The van der Waals surface area contributed by atoms with Crippen molar-refractivity contribution in [3.8, 4) is 0 Å². The van der Waals surface area contributed by atoms with Crippen molar-refractivity contribution in [1.29, 1.82) is 0 Å². The summed E-state index contributed by atoms with van der Waals surface area (Å²) in [6, 6.07) is 7.93. The second-order valence-corrected chi connectivity index (χ2v) is 6.50. The fraction of sp³-hybridized carbons (Fsp3) is 0.556. The molecule has 0 saturated carbocycles. The van der Waals surface area contributed by atoms with Gasteiger partial charge in [-0.05, 0) is 44.0 Å². The van der Waals surface area contributed by atoms with Crippen molar-refractivity contribution >= 4 is 11.6 Å². The van der Waals surface area contributed by atoms with Crippen LogP contribution >= 0.6 is 11.6 Å². The molecule has 0 bridgehead atoms. The van der Waals surface area contributed by atoms with E-state index in [1.165, 1.54) is 12.8 Å². The van der Waals surface area contributed by atoms with Gasteiger partial charge in [0.2, 0.25) is 0 Å². The third kappa shape index (κ3) is 5.31. The number of ether oxygens (including phenoxy) is 2. The van der Waals surface area contributed by atoms with E-state index in [1.807, 2.05) is 25.1 Å². The topological polar surface area (TPSA) is 21.7 Å². The Kier molecular flexibility index (Phi) is 6.74. The minimum atomic E-state index is 0.0551. The Morgan fingerprint density at radius 3 is 3.00 bits per heavy atom. The molecule has 0 radical (unpaired) electrons. The first kappa shape index (κ1) is 17.3. The predicted octanol–water partition coefficient (Wildman–Crippen LogP) is 4.29. The van der Waals surface area contributed by atoms with Crippen LogP contribution in [0, 0.1) is 5.92 Å². The van der Waals surface area contributed by atoms with Crippen LogP contribution in [0.2, 0.25) is 5.02 Å². The van der Waals surface area contributed by atoms with Crippen LogP contribution in [0.25, 0.3) is 0 Å². The Morgan fingerprint density at radius 1 is 1.50 bits per heavy atom. The molecule has 0 aliphatic carbocycles. The first-order valence-corrected chi connectivity index (χ1v) is 8.25. The van der Waals surface area contributed by atoms with Gasteiger partial charge in [-0.25, -0.2) is 0 Å². The zero-order valence-electron chi connectivity index (χ0n) is 13.6. The summed E-state index contributed by atoms with van der Waals surface area (Å²) in [5.41, 5.74) is 1.13. The minimum Gasteiger partial charge on any atom is -0.499 e. The molecule has 0 amide bonds. The smallest absolute Gasteiger partial charge is 0.0948 e. The van der Waals surface area contributed by atoms with Gasteiger partial charge >= 0.3 is 0 Å². The molecular weight excluding hydrogens is 298 g/mol. The van der Waals surface area contributed by atoms with E-state index in [1.54, 1.807) is 7.11 Å². The number of nitrogens with zero attached hydrogens (tertiary/aromatic N) is 1. The van der Waals surface area contributed by atoms with Gasteiger partial charge in [0, 0.05) is 31.1 Å². The SMILES string of the molecule is C=C(C)OCC1CCCN(CC(OC)c2cccc(Cl)c2)C1. The molecule has 122 valence electrons. The van der Waals surface area contributed by atoms with Crippen LogP contribution in [0.4, 0.5) is 0 Å². The van der Waals surface area contributed by atoms with Gasteiger partial charge in [-0.15, -0.1) is 0 Å². The third-order valence-electron chi connectivity index (χ3n) is 4.10. The van der Waals surface area contributed by atoms with E-state index in [0.717, 1.165) is 42.6 Å². The molecule has 1 aromatic carbocycles.